The van der Waals surface area contributed by atoms with Gasteiger partial charge in [0.2, 0.25) is 0 Å². The van der Waals surface area contributed by atoms with Crippen molar-refractivity contribution in [1.82, 2.24) is 0 Å². The lowest BCUT2D eigenvalue weighted by molar-refractivity contribution is -0.206. The number of hydrogen-bond acceptors (Lipinski definition) is 3. The Morgan fingerprint density at radius 3 is 2.18 bits per heavy atom. The molecule has 0 bridgehead atoms. The Morgan fingerprint density at radius 1 is 0.893 bits per heavy atom. The van der Waals surface area contributed by atoms with E-state index >= 15 is 0 Å². The molecule has 0 heterocycles. The molecule has 0 aliphatic heterocycles. The largest absolute Gasteiger partial charge is 0.455 e. The van der Waals surface area contributed by atoms with Gasteiger partial charge in [-0.25, -0.2) is 8.78 Å². The maximum absolute atomic E-state index is 13.8. The number of aliphatic hydroxyl groups excluding tert-OH is 1. The second-order valence-corrected chi connectivity index (χ2v) is 5.99. The second-order valence-electron chi connectivity index (χ2n) is 5.99. The molecule has 3 rings (SSSR count). The van der Waals surface area contributed by atoms with Gasteiger partial charge in [-0.3, -0.25) is 0 Å². The second kappa shape index (κ2) is 7.47. The van der Waals surface area contributed by atoms with Crippen LogP contribution in [0.5, 0.6) is 11.5 Å². The van der Waals surface area contributed by atoms with Crippen molar-refractivity contribution in [2.75, 3.05) is 5.73 Å². The molecule has 3 nitrogen and oxygen atoms in total. The Kier molecular flexibility index (Phi) is 5.24. The number of nitrogens with two attached hydrogens (primary N) is 1. The first-order chi connectivity index (χ1) is 13.1. The Hall–Kier alpha value is -3.13. The van der Waals surface area contributed by atoms with Gasteiger partial charge < -0.3 is 15.6 Å². The summed E-state index contributed by atoms with van der Waals surface area (Å²) in [5.41, 5.74) is 6.03. The molecule has 146 valence electrons. The number of alkyl halides is 3. The molecule has 0 aliphatic rings. The molecular formula is C20H14F5NO2. The van der Waals surface area contributed by atoms with E-state index in [1.807, 2.05) is 0 Å². The van der Waals surface area contributed by atoms with Gasteiger partial charge in [0.25, 0.3) is 0 Å². The van der Waals surface area contributed by atoms with Crippen LogP contribution in [0.15, 0.2) is 60.7 Å². The van der Waals surface area contributed by atoms with Gasteiger partial charge in [-0.2, -0.15) is 13.2 Å². The first kappa shape index (κ1) is 19.6. The number of hydrogen-bond donors (Lipinski definition) is 2. The van der Waals surface area contributed by atoms with Crippen molar-refractivity contribution in [3.8, 4) is 22.6 Å². The molecule has 8 heteroatoms. The van der Waals surface area contributed by atoms with Crippen molar-refractivity contribution < 1.29 is 31.8 Å². The zero-order chi connectivity index (χ0) is 20.5. The summed E-state index contributed by atoms with van der Waals surface area (Å²) < 4.78 is 70.4. The van der Waals surface area contributed by atoms with E-state index in [2.05, 4.69) is 0 Å². The van der Waals surface area contributed by atoms with Gasteiger partial charge in [-0.15, -0.1) is 0 Å². The molecule has 0 saturated heterocycles. The van der Waals surface area contributed by atoms with Crippen LogP contribution in [0.4, 0.5) is 27.6 Å². The molecule has 0 fully saturated rings. The van der Waals surface area contributed by atoms with Crippen molar-refractivity contribution in [2.45, 2.75) is 12.3 Å². The van der Waals surface area contributed by atoms with Gasteiger partial charge in [0.1, 0.15) is 17.4 Å². The van der Waals surface area contributed by atoms with Gasteiger partial charge in [0.15, 0.2) is 11.9 Å². The highest BCUT2D eigenvalue weighted by molar-refractivity contribution is 5.65. The first-order valence-electron chi connectivity index (χ1n) is 8.02. The van der Waals surface area contributed by atoms with E-state index in [-0.39, 0.29) is 22.7 Å². The maximum atomic E-state index is 13.8. The Labute approximate surface area is 156 Å². The number of halogens is 5. The number of rotatable bonds is 4. The highest BCUT2D eigenvalue weighted by atomic mass is 19.4. The van der Waals surface area contributed by atoms with Crippen LogP contribution in [0.2, 0.25) is 0 Å². The van der Waals surface area contributed by atoms with Crippen molar-refractivity contribution in [3.05, 3.63) is 77.9 Å². The molecule has 3 aromatic carbocycles. The van der Waals surface area contributed by atoms with E-state index in [9.17, 15) is 27.1 Å². The minimum atomic E-state index is -4.83. The molecule has 0 aromatic heterocycles. The van der Waals surface area contributed by atoms with E-state index < -0.39 is 29.5 Å². The summed E-state index contributed by atoms with van der Waals surface area (Å²) in [6.45, 7) is 0. The minimum absolute atomic E-state index is 0.0680. The van der Waals surface area contributed by atoms with Gasteiger partial charge in [0.05, 0.1) is 5.69 Å². The van der Waals surface area contributed by atoms with Gasteiger partial charge in [-0.1, -0.05) is 18.2 Å². The lowest BCUT2D eigenvalue weighted by Gasteiger charge is -2.17. The van der Waals surface area contributed by atoms with E-state index in [0.29, 0.717) is 5.56 Å². The summed E-state index contributed by atoms with van der Waals surface area (Å²) in [6, 6.07) is 12.4. The van der Waals surface area contributed by atoms with Crippen molar-refractivity contribution in [2.24, 2.45) is 0 Å². The van der Waals surface area contributed by atoms with E-state index in [1.165, 1.54) is 36.4 Å². The Balaban J connectivity index is 1.84. The van der Waals surface area contributed by atoms with Crippen molar-refractivity contribution in [1.29, 1.82) is 0 Å². The third-order valence-electron chi connectivity index (χ3n) is 3.99. The molecule has 3 N–H and O–H groups in total. The Bertz CT molecular complexity index is 987. The van der Waals surface area contributed by atoms with Crippen LogP contribution in [-0.4, -0.2) is 11.3 Å². The van der Waals surface area contributed by atoms with Crippen LogP contribution in [0.3, 0.4) is 0 Å². The van der Waals surface area contributed by atoms with Crippen LogP contribution in [0.25, 0.3) is 11.1 Å². The summed E-state index contributed by atoms with van der Waals surface area (Å²) in [4.78, 5) is 0. The van der Waals surface area contributed by atoms with Crippen molar-refractivity contribution in [3.63, 3.8) is 0 Å². The Morgan fingerprint density at radius 2 is 1.57 bits per heavy atom. The monoisotopic (exact) mass is 395 g/mol. The number of aliphatic hydroxyl groups is 1. The average Bonchev–Trinajstić information content (AvgIpc) is 2.63. The molecule has 0 aliphatic carbocycles. The van der Waals surface area contributed by atoms with Gasteiger partial charge in [0, 0.05) is 11.6 Å². The zero-order valence-electron chi connectivity index (χ0n) is 14.2. The summed E-state index contributed by atoms with van der Waals surface area (Å²) >= 11 is 0. The summed E-state index contributed by atoms with van der Waals surface area (Å²) in [5, 5.41) is 9.36. The quantitative estimate of drug-likeness (QED) is 0.447. The molecule has 0 radical (unpaired) electrons. The first-order valence-corrected chi connectivity index (χ1v) is 8.02. The van der Waals surface area contributed by atoms with Crippen LogP contribution >= 0.6 is 0 Å². The minimum Gasteiger partial charge on any atom is -0.455 e. The van der Waals surface area contributed by atoms with Crippen LogP contribution in [0.1, 0.15) is 11.7 Å². The molecule has 1 unspecified atom stereocenters. The lowest BCUT2D eigenvalue weighted by Crippen LogP contribution is -2.20. The number of ether oxygens (including phenoxy) is 1. The number of anilines is 1. The maximum Gasteiger partial charge on any atom is 0.418 e. The smallest absolute Gasteiger partial charge is 0.418 e. The highest BCUT2D eigenvalue weighted by Crippen LogP contribution is 2.37. The standard InChI is InChI=1S/C20H14F5NO2/c21-13-4-7-15(16(22)10-13)11-1-5-14(6-2-11)28-18-9-12(3-8-17(18)26)19(27)20(23,24)25/h1-10,19,27H,26H2. The van der Waals surface area contributed by atoms with E-state index in [4.69, 9.17) is 10.5 Å². The topological polar surface area (TPSA) is 55.5 Å². The van der Waals surface area contributed by atoms with Gasteiger partial charge >= 0.3 is 6.18 Å². The molecule has 1 atom stereocenters. The fourth-order valence-electron chi connectivity index (χ4n) is 2.55. The SMILES string of the molecule is Nc1ccc(C(O)C(F)(F)F)cc1Oc1ccc(-c2ccc(F)cc2F)cc1. The fraction of sp³-hybridized carbons (Fsp3) is 0.100. The summed E-state index contributed by atoms with van der Waals surface area (Å²) in [7, 11) is 0. The van der Waals surface area contributed by atoms with Crippen LogP contribution < -0.4 is 10.5 Å². The lowest BCUT2D eigenvalue weighted by atomic mass is 10.0. The predicted molar refractivity (Wildman–Crippen MR) is 93.7 cm³/mol. The molecule has 0 amide bonds. The molecule has 0 spiro atoms. The summed E-state index contributed by atoms with van der Waals surface area (Å²) in [5.74, 6) is -1.26. The molecule has 0 saturated carbocycles. The van der Waals surface area contributed by atoms with Crippen molar-refractivity contribution >= 4 is 5.69 Å². The third kappa shape index (κ3) is 4.23. The number of benzene rings is 3. The predicted octanol–water partition coefficient (Wildman–Crippen LogP) is 5.60. The zero-order valence-corrected chi connectivity index (χ0v) is 14.2. The molecular weight excluding hydrogens is 381 g/mol. The van der Waals surface area contributed by atoms with Crippen LogP contribution in [0, 0.1) is 11.6 Å². The molecule has 3 aromatic rings. The van der Waals surface area contributed by atoms with Gasteiger partial charge in [-0.05, 0) is 47.5 Å². The fourth-order valence-corrected chi connectivity index (χ4v) is 2.55. The normalized spacial score (nSPS) is 12.6. The average molecular weight is 395 g/mol. The van der Waals surface area contributed by atoms with E-state index in [1.54, 1.807) is 0 Å². The summed E-state index contributed by atoms with van der Waals surface area (Å²) in [6.07, 6.45) is -7.49. The highest BCUT2D eigenvalue weighted by Gasteiger charge is 2.39. The third-order valence-corrected chi connectivity index (χ3v) is 3.99. The van der Waals surface area contributed by atoms with E-state index in [0.717, 1.165) is 24.3 Å². The number of nitrogen functional groups attached to an aromatic ring is 1. The molecule has 28 heavy (non-hydrogen) atoms. The van der Waals surface area contributed by atoms with Crippen LogP contribution in [-0.2, 0) is 0 Å².